The van der Waals surface area contributed by atoms with E-state index in [4.69, 9.17) is 9.47 Å². The Hall–Kier alpha value is -1.01. The Labute approximate surface area is 139 Å². The van der Waals surface area contributed by atoms with Gasteiger partial charge in [-0.05, 0) is 37.0 Å². The SMILES string of the molecule is O=C(CCCCC1CCSS1)NCc1ccc2c(c1)OCO2. The van der Waals surface area contributed by atoms with Crippen molar-refractivity contribution < 1.29 is 14.3 Å². The van der Waals surface area contributed by atoms with Crippen LogP contribution in [0.5, 0.6) is 11.5 Å². The van der Waals surface area contributed by atoms with Gasteiger partial charge in [-0.1, -0.05) is 34.1 Å². The molecule has 2 heterocycles. The van der Waals surface area contributed by atoms with Crippen LogP contribution in [0.25, 0.3) is 0 Å². The molecule has 1 saturated heterocycles. The fourth-order valence-corrected chi connectivity index (χ4v) is 5.59. The number of carbonyl (C=O) groups excluding carboxylic acids is 1. The van der Waals surface area contributed by atoms with Crippen LogP contribution in [-0.4, -0.2) is 23.7 Å². The maximum absolute atomic E-state index is 11.9. The van der Waals surface area contributed by atoms with Crippen LogP contribution in [0.1, 0.15) is 37.7 Å². The van der Waals surface area contributed by atoms with Crippen LogP contribution in [0.15, 0.2) is 18.2 Å². The lowest BCUT2D eigenvalue weighted by atomic mass is 10.1. The second-order valence-electron chi connectivity index (χ2n) is 5.54. The van der Waals surface area contributed by atoms with E-state index in [9.17, 15) is 4.79 Å². The number of unbranched alkanes of at least 4 members (excludes halogenated alkanes) is 1. The Balaban J connectivity index is 1.32. The van der Waals surface area contributed by atoms with Crippen LogP contribution < -0.4 is 14.8 Å². The maximum atomic E-state index is 11.9. The largest absolute Gasteiger partial charge is 0.454 e. The zero-order valence-electron chi connectivity index (χ0n) is 12.5. The highest BCUT2D eigenvalue weighted by atomic mass is 33.1. The second-order valence-corrected chi connectivity index (χ2v) is 8.33. The Kier molecular flexibility index (Phi) is 5.78. The molecule has 0 radical (unpaired) electrons. The molecule has 2 aliphatic rings. The molecule has 1 N–H and O–H groups in total. The van der Waals surface area contributed by atoms with E-state index in [0.29, 0.717) is 13.0 Å². The van der Waals surface area contributed by atoms with E-state index in [1.165, 1.54) is 18.6 Å². The van der Waals surface area contributed by atoms with E-state index in [0.717, 1.165) is 35.2 Å². The number of carbonyl (C=O) groups is 1. The zero-order valence-corrected chi connectivity index (χ0v) is 14.1. The fraction of sp³-hybridized carbons (Fsp3) is 0.562. The van der Waals surface area contributed by atoms with E-state index in [1.807, 2.05) is 39.8 Å². The number of rotatable bonds is 7. The zero-order chi connectivity index (χ0) is 15.2. The molecule has 0 spiro atoms. The Bertz CT molecular complexity index is 518. The van der Waals surface area contributed by atoms with Gasteiger partial charge in [0.25, 0.3) is 0 Å². The van der Waals surface area contributed by atoms with Crippen LogP contribution in [0.4, 0.5) is 0 Å². The van der Waals surface area contributed by atoms with Crippen LogP contribution in [0.2, 0.25) is 0 Å². The molecule has 22 heavy (non-hydrogen) atoms. The molecule has 1 fully saturated rings. The predicted octanol–water partition coefficient (Wildman–Crippen LogP) is 3.75. The van der Waals surface area contributed by atoms with Crippen molar-refractivity contribution in [2.24, 2.45) is 0 Å². The average molecular weight is 339 g/mol. The van der Waals surface area contributed by atoms with Gasteiger partial charge in [0.1, 0.15) is 0 Å². The van der Waals surface area contributed by atoms with E-state index in [1.54, 1.807) is 0 Å². The van der Waals surface area contributed by atoms with Gasteiger partial charge in [-0.15, -0.1) is 0 Å². The van der Waals surface area contributed by atoms with Crippen molar-refractivity contribution in [1.82, 2.24) is 5.32 Å². The molecule has 2 aliphatic heterocycles. The monoisotopic (exact) mass is 339 g/mol. The van der Waals surface area contributed by atoms with Gasteiger partial charge in [-0.25, -0.2) is 0 Å². The molecule has 1 unspecified atom stereocenters. The summed E-state index contributed by atoms with van der Waals surface area (Å²) in [6, 6.07) is 5.78. The van der Waals surface area contributed by atoms with Crippen molar-refractivity contribution >= 4 is 27.5 Å². The molecule has 120 valence electrons. The highest BCUT2D eigenvalue weighted by molar-refractivity contribution is 8.77. The minimum atomic E-state index is 0.131. The van der Waals surface area contributed by atoms with Gasteiger partial charge in [0, 0.05) is 24.0 Å². The van der Waals surface area contributed by atoms with Gasteiger partial charge < -0.3 is 14.8 Å². The number of nitrogens with one attached hydrogen (secondary N) is 1. The molecule has 1 amide bonds. The molecule has 1 atom stereocenters. The molecule has 1 aromatic rings. The molecule has 0 aromatic heterocycles. The standard InChI is InChI=1S/C16H21NO3S2/c18-16(4-2-1-3-13-7-8-21-22-13)17-10-12-5-6-14-15(9-12)20-11-19-14/h5-6,9,13H,1-4,7-8,10-11H2,(H,17,18). The van der Waals surface area contributed by atoms with Crippen LogP contribution in [-0.2, 0) is 11.3 Å². The number of hydrogen-bond donors (Lipinski definition) is 1. The Morgan fingerprint density at radius 2 is 2.18 bits per heavy atom. The minimum Gasteiger partial charge on any atom is -0.454 e. The fourth-order valence-electron chi connectivity index (χ4n) is 2.56. The molecular formula is C16H21NO3S2. The highest BCUT2D eigenvalue weighted by Gasteiger charge is 2.16. The van der Waals surface area contributed by atoms with Crippen molar-refractivity contribution in [1.29, 1.82) is 0 Å². The lowest BCUT2D eigenvalue weighted by molar-refractivity contribution is -0.121. The number of fused-ring (bicyclic) bond motifs is 1. The third kappa shape index (κ3) is 4.49. The molecule has 1 aromatic carbocycles. The summed E-state index contributed by atoms with van der Waals surface area (Å²) >= 11 is 0. The summed E-state index contributed by atoms with van der Waals surface area (Å²) in [5.74, 6) is 2.95. The summed E-state index contributed by atoms with van der Waals surface area (Å²) in [7, 11) is 3.99. The van der Waals surface area contributed by atoms with Crippen molar-refractivity contribution in [3.63, 3.8) is 0 Å². The van der Waals surface area contributed by atoms with Crippen molar-refractivity contribution in [2.75, 3.05) is 12.5 Å². The third-order valence-corrected chi connectivity index (χ3v) is 6.84. The topological polar surface area (TPSA) is 47.6 Å². The van der Waals surface area contributed by atoms with Gasteiger partial charge in [-0.3, -0.25) is 4.79 Å². The molecule has 3 rings (SSSR count). The smallest absolute Gasteiger partial charge is 0.231 e. The third-order valence-electron chi connectivity index (χ3n) is 3.83. The first-order valence-electron chi connectivity index (χ1n) is 7.75. The first-order chi connectivity index (χ1) is 10.8. The number of benzene rings is 1. The molecular weight excluding hydrogens is 318 g/mol. The highest BCUT2D eigenvalue weighted by Crippen LogP contribution is 2.39. The lowest BCUT2D eigenvalue weighted by Gasteiger charge is -2.08. The quantitative estimate of drug-likeness (QED) is 0.606. The van der Waals surface area contributed by atoms with Crippen molar-refractivity contribution in [2.45, 2.75) is 43.9 Å². The van der Waals surface area contributed by atoms with Crippen LogP contribution in [0, 0.1) is 0 Å². The first-order valence-corrected chi connectivity index (χ1v) is 10.1. The second kappa shape index (κ2) is 8.02. The predicted molar refractivity (Wildman–Crippen MR) is 91.3 cm³/mol. The molecule has 6 heteroatoms. The van der Waals surface area contributed by atoms with Crippen LogP contribution >= 0.6 is 21.6 Å². The summed E-state index contributed by atoms with van der Waals surface area (Å²) < 4.78 is 10.6. The summed E-state index contributed by atoms with van der Waals surface area (Å²) in [6.45, 7) is 0.827. The van der Waals surface area contributed by atoms with E-state index in [2.05, 4.69) is 5.32 Å². The number of ether oxygens (including phenoxy) is 2. The van der Waals surface area contributed by atoms with Gasteiger partial charge >= 0.3 is 0 Å². The van der Waals surface area contributed by atoms with Crippen LogP contribution in [0.3, 0.4) is 0 Å². The van der Waals surface area contributed by atoms with Crippen molar-refractivity contribution in [3.05, 3.63) is 23.8 Å². The molecule has 0 saturated carbocycles. The van der Waals surface area contributed by atoms with E-state index < -0.39 is 0 Å². The minimum absolute atomic E-state index is 0.131. The molecule has 4 nitrogen and oxygen atoms in total. The molecule has 0 aliphatic carbocycles. The lowest BCUT2D eigenvalue weighted by Crippen LogP contribution is -2.22. The Morgan fingerprint density at radius 3 is 3.05 bits per heavy atom. The Morgan fingerprint density at radius 1 is 1.27 bits per heavy atom. The number of hydrogen-bond acceptors (Lipinski definition) is 5. The summed E-state index contributed by atoms with van der Waals surface area (Å²) in [4.78, 5) is 11.9. The van der Waals surface area contributed by atoms with E-state index in [-0.39, 0.29) is 12.7 Å². The summed E-state index contributed by atoms with van der Waals surface area (Å²) in [5.41, 5.74) is 1.04. The van der Waals surface area contributed by atoms with Gasteiger partial charge in [0.2, 0.25) is 12.7 Å². The normalized spacial score (nSPS) is 19.4. The van der Waals surface area contributed by atoms with Crippen molar-refractivity contribution in [3.8, 4) is 11.5 Å². The summed E-state index contributed by atoms with van der Waals surface area (Å²) in [5, 5.41) is 3.78. The average Bonchev–Trinajstić information content (AvgIpc) is 3.20. The maximum Gasteiger partial charge on any atom is 0.231 e. The number of amides is 1. The van der Waals surface area contributed by atoms with Gasteiger partial charge in [0.15, 0.2) is 11.5 Å². The molecule has 0 bridgehead atoms. The van der Waals surface area contributed by atoms with Gasteiger partial charge in [-0.2, -0.15) is 0 Å². The van der Waals surface area contributed by atoms with Gasteiger partial charge in [0.05, 0.1) is 0 Å². The van der Waals surface area contributed by atoms with E-state index >= 15 is 0 Å². The summed E-state index contributed by atoms with van der Waals surface area (Å²) in [6.07, 6.45) is 5.32. The first kappa shape index (κ1) is 15.9.